The molecule has 1 aromatic heterocycles. The summed E-state index contributed by atoms with van der Waals surface area (Å²) >= 11 is 3.03. The second kappa shape index (κ2) is 3.80. The molecule has 0 fully saturated rings. The Morgan fingerprint density at radius 1 is 1.58 bits per heavy atom. The van der Waals surface area contributed by atoms with Crippen molar-refractivity contribution in [1.29, 1.82) is 0 Å². The Bertz CT molecular complexity index is 323. The summed E-state index contributed by atoms with van der Waals surface area (Å²) in [5.74, 6) is 0. The first-order chi connectivity index (χ1) is 5.65. The van der Waals surface area contributed by atoms with E-state index in [1.54, 1.807) is 0 Å². The zero-order chi connectivity index (χ0) is 9.14. The van der Waals surface area contributed by atoms with Gasteiger partial charge in [-0.3, -0.25) is 4.79 Å². The second-order valence-corrected chi connectivity index (χ2v) is 2.78. The molecule has 0 amide bonds. The van der Waals surface area contributed by atoms with Crippen molar-refractivity contribution in [2.45, 2.75) is 11.8 Å². The van der Waals surface area contributed by atoms with E-state index in [-0.39, 0.29) is 16.5 Å². The number of rotatable bonds is 2. The lowest BCUT2D eigenvalue weighted by atomic mass is 10.2. The highest BCUT2D eigenvalue weighted by Gasteiger charge is 2.08. The number of hydrogen-bond donors (Lipinski definition) is 1. The number of aromatic nitrogens is 1. The van der Waals surface area contributed by atoms with E-state index in [0.717, 1.165) is 6.20 Å². The van der Waals surface area contributed by atoms with E-state index >= 15 is 0 Å². The van der Waals surface area contributed by atoms with Crippen LogP contribution in [0, 0.1) is 0 Å². The minimum atomic E-state index is -2.54. The van der Waals surface area contributed by atoms with Crippen LogP contribution in [0.2, 0.25) is 0 Å². The summed E-state index contributed by atoms with van der Waals surface area (Å²) in [5, 5.41) is 0.281. The van der Waals surface area contributed by atoms with Crippen LogP contribution >= 0.6 is 15.9 Å². The third-order valence-electron chi connectivity index (χ3n) is 1.40. The van der Waals surface area contributed by atoms with E-state index in [0.29, 0.717) is 5.56 Å². The third kappa shape index (κ3) is 1.91. The summed E-state index contributed by atoms with van der Waals surface area (Å²) in [6.07, 6.45) is -1.52. The van der Waals surface area contributed by atoms with E-state index in [9.17, 15) is 13.6 Å². The van der Waals surface area contributed by atoms with Crippen LogP contribution in [0.3, 0.4) is 0 Å². The fourth-order valence-corrected chi connectivity index (χ4v) is 1.19. The normalized spacial score (nSPS) is 10.7. The highest BCUT2D eigenvalue weighted by Crippen LogP contribution is 2.17. The molecule has 0 saturated carbocycles. The predicted molar refractivity (Wildman–Crippen MR) is 44.7 cm³/mol. The molecule has 0 radical (unpaired) electrons. The lowest BCUT2D eigenvalue weighted by Crippen LogP contribution is -2.11. The molecule has 5 heteroatoms. The highest BCUT2D eigenvalue weighted by atomic mass is 79.9. The summed E-state index contributed by atoms with van der Waals surface area (Å²) in [5.41, 5.74) is -0.187. The largest absolute Gasteiger partial charge is 0.328 e. The minimum Gasteiger partial charge on any atom is -0.328 e. The van der Waals surface area contributed by atoms with Crippen molar-refractivity contribution in [3.63, 3.8) is 0 Å². The van der Waals surface area contributed by atoms with E-state index in [1.807, 2.05) is 0 Å². The fraction of sp³-hybridized carbons (Fsp3) is 0.286. The number of alkyl halides is 3. The summed E-state index contributed by atoms with van der Waals surface area (Å²) in [6.45, 7) is 0. The van der Waals surface area contributed by atoms with Gasteiger partial charge in [0, 0.05) is 22.7 Å². The molecular weight excluding hydrogens is 232 g/mol. The molecule has 0 spiro atoms. The van der Waals surface area contributed by atoms with Crippen LogP contribution in [0.1, 0.15) is 17.6 Å². The highest BCUT2D eigenvalue weighted by molar-refractivity contribution is 9.08. The van der Waals surface area contributed by atoms with Crippen LogP contribution in [0.15, 0.2) is 17.1 Å². The molecule has 0 aliphatic heterocycles. The van der Waals surface area contributed by atoms with Gasteiger partial charge in [-0.1, -0.05) is 15.9 Å². The summed E-state index contributed by atoms with van der Waals surface area (Å²) in [4.78, 5) is 13.1. The van der Waals surface area contributed by atoms with Gasteiger partial charge in [-0.15, -0.1) is 0 Å². The first-order valence-corrected chi connectivity index (χ1v) is 4.33. The Kier molecular flexibility index (Phi) is 2.97. The molecule has 0 bridgehead atoms. The van der Waals surface area contributed by atoms with Crippen molar-refractivity contribution in [3.8, 4) is 0 Å². The van der Waals surface area contributed by atoms with Gasteiger partial charge in [-0.05, 0) is 6.07 Å². The minimum absolute atomic E-state index is 0.163. The maximum Gasteiger partial charge on any atom is 0.265 e. The molecule has 0 aliphatic carbocycles. The van der Waals surface area contributed by atoms with Crippen LogP contribution in [-0.4, -0.2) is 4.98 Å². The molecule has 1 rings (SSSR count). The first-order valence-electron chi connectivity index (χ1n) is 3.20. The molecule has 0 saturated heterocycles. The van der Waals surface area contributed by atoms with Gasteiger partial charge < -0.3 is 4.98 Å². The summed E-state index contributed by atoms with van der Waals surface area (Å²) < 4.78 is 24.2. The molecule has 2 nitrogen and oxygen atoms in total. The summed E-state index contributed by atoms with van der Waals surface area (Å²) in [7, 11) is 0. The van der Waals surface area contributed by atoms with Crippen LogP contribution in [-0.2, 0) is 5.33 Å². The van der Waals surface area contributed by atoms with Gasteiger partial charge in [-0.25, -0.2) is 8.78 Å². The molecule has 0 aliphatic rings. The maximum atomic E-state index is 12.1. The molecule has 0 unspecified atom stereocenters. The van der Waals surface area contributed by atoms with E-state index in [1.165, 1.54) is 6.07 Å². The molecule has 12 heavy (non-hydrogen) atoms. The Balaban J connectivity index is 3.14. The van der Waals surface area contributed by atoms with Gasteiger partial charge >= 0.3 is 0 Å². The maximum absolute atomic E-state index is 12.1. The van der Waals surface area contributed by atoms with Crippen molar-refractivity contribution in [1.82, 2.24) is 4.98 Å². The quantitative estimate of drug-likeness (QED) is 0.787. The molecular formula is C7H6BrF2NO. The number of H-pyrrole nitrogens is 1. The van der Waals surface area contributed by atoms with Crippen LogP contribution < -0.4 is 5.56 Å². The monoisotopic (exact) mass is 237 g/mol. The zero-order valence-electron chi connectivity index (χ0n) is 5.98. The molecule has 0 aromatic carbocycles. The standard InChI is InChI=1S/C7H6BrF2NO/c8-2-4-1-5(6(9)10)3-11-7(4)12/h1,3,6H,2H2,(H,11,12). The zero-order valence-corrected chi connectivity index (χ0v) is 7.57. The first kappa shape index (κ1) is 9.38. The Hall–Kier alpha value is -0.710. The fourth-order valence-electron chi connectivity index (χ4n) is 0.775. The summed E-state index contributed by atoms with van der Waals surface area (Å²) in [6, 6.07) is 1.19. The predicted octanol–water partition coefficient (Wildman–Crippen LogP) is 2.21. The van der Waals surface area contributed by atoms with Gasteiger partial charge in [0.15, 0.2) is 0 Å². The molecule has 0 atom stereocenters. The van der Waals surface area contributed by atoms with Gasteiger partial charge in [0.1, 0.15) is 0 Å². The number of aromatic amines is 1. The topological polar surface area (TPSA) is 32.9 Å². The molecule has 1 aromatic rings. The van der Waals surface area contributed by atoms with Gasteiger partial charge in [0.05, 0.1) is 0 Å². The third-order valence-corrected chi connectivity index (χ3v) is 2.00. The lowest BCUT2D eigenvalue weighted by molar-refractivity contribution is 0.151. The van der Waals surface area contributed by atoms with Crippen molar-refractivity contribution >= 4 is 15.9 Å². The van der Waals surface area contributed by atoms with Crippen molar-refractivity contribution in [3.05, 3.63) is 33.7 Å². The van der Waals surface area contributed by atoms with Crippen molar-refractivity contribution in [2.24, 2.45) is 0 Å². The average Bonchev–Trinajstić information content (AvgIpc) is 2.05. The molecule has 66 valence electrons. The van der Waals surface area contributed by atoms with Crippen LogP contribution in [0.25, 0.3) is 0 Å². The van der Waals surface area contributed by atoms with Crippen molar-refractivity contribution < 1.29 is 8.78 Å². The lowest BCUT2D eigenvalue weighted by Gasteiger charge is -1.99. The Labute approximate surface area is 75.7 Å². The number of hydrogen-bond acceptors (Lipinski definition) is 1. The van der Waals surface area contributed by atoms with Crippen LogP contribution in [0.4, 0.5) is 8.78 Å². The Morgan fingerprint density at radius 2 is 2.25 bits per heavy atom. The van der Waals surface area contributed by atoms with E-state index in [2.05, 4.69) is 20.9 Å². The van der Waals surface area contributed by atoms with Crippen molar-refractivity contribution in [2.75, 3.05) is 0 Å². The molecule has 1 heterocycles. The van der Waals surface area contributed by atoms with Gasteiger partial charge in [-0.2, -0.15) is 0 Å². The average molecular weight is 238 g/mol. The Morgan fingerprint density at radius 3 is 2.75 bits per heavy atom. The smallest absolute Gasteiger partial charge is 0.265 e. The van der Waals surface area contributed by atoms with Gasteiger partial charge in [0.25, 0.3) is 12.0 Å². The van der Waals surface area contributed by atoms with E-state index in [4.69, 9.17) is 0 Å². The second-order valence-electron chi connectivity index (χ2n) is 2.22. The van der Waals surface area contributed by atoms with Gasteiger partial charge in [0.2, 0.25) is 0 Å². The SMILES string of the molecule is O=c1[nH]cc(C(F)F)cc1CBr. The number of pyridine rings is 1. The van der Waals surface area contributed by atoms with Crippen LogP contribution in [0.5, 0.6) is 0 Å². The van der Waals surface area contributed by atoms with E-state index < -0.39 is 6.43 Å². The number of halogens is 3. The molecule has 1 N–H and O–H groups in total. The number of nitrogens with one attached hydrogen (secondary N) is 1.